The number of ketones is 1. The molecule has 1 amide bonds. The molecule has 120 valence electrons. The topological polar surface area (TPSA) is 55.4 Å². The van der Waals surface area contributed by atoms with Crippen LogP contribution < -0.4 is 10.1 Å². The van der Waals surface area contributed by atoms with Gasteiger partial charge in [0, 0.05) is 18.4 Å². The van der Waals surface area contributed by atoms with Crippen molar-refractivity contribution in [1.82, 2.24) is 0 Å². The summed E-state index contributed by atoms with van der Waals surface area (Å²) >= 11 is 0. The minimum Gasteiger partial charge on any atom is -0.491 e. The van der Waals surface area contributed by atoms with Crippen LogP contribution in [0, 0.1) is 0 Å². The number of carbonyl (C=O) groups excluding carboxylic acids is 2. The molecule has 0 aliphatic heterocycles. The number of benzene rings is 2. The van der Waals surface area contributed by atoms with Crippen molar-refractivity contribution in [3.05, 3.63) is 60.2 Å². The SMILES string of the molecule is CCCOc1ccccc1NC(=O)CCC(=O)c1ccccc1. The molecular formula is C19H21NO3. The summed E-state index contributed by atoms with van der Waals surface area (Å²) in [5.41, 5.74) is 1.27. The van der Waals surface area contributed by atoms with E-state index in [0.717, 1.165) is 6.42 Å². The normalized spacial score (nSPS) is 10.1. The summed E-state index contributed by atoms with van der Waals surface area (Å²) in [6.45, 7) is 2.62. The first-order valence-electron chi connectivity index (χ1n) is 7.80. The molecule has 23 heavy (non-hydrogen) atoms. The van der Waals surface area contributed by atoms with Gasteiger partial charge in [0.25, 0.3) is 0 Å². The first-order valence-corrected chi connectivity index (χ1v) is 7.80. The smallest absolute Gasteiger partial charge is 0.224 e. The Morgan fingerprint density at radius 1 is 0.957 bits per heavy atom. The van der Waals surface area contributed by atoms with E-state index in [4.69, 9.17) is 4.74 Å². The van der Waals surface area contributed by atoms with Gasteiger partial charge in [0.1, 0.15) is 5.75 Å². The molecule has 0 aliphatic carbocycles. The summed E-state index contributed by atoms with van der Waals surface area (Å²) in [6, 6.07) is 16.3. The van der Waals surface area contributed by atoms with Crippen molar-refractivity contribution in [1.29, 1.82) is 0 Å². The maximum atomic E-state index is 12.1. The zero-order chi connectivity index (χ0) is 16.5. The number of nitrogens with one attached hydrogen (secondary N) is 1. The van der Waals surface area contributed by atoms with Gasteiger partial charge >= 0.3 is 0 Å². The Hall–Kier alpha value is -2.62. The van der Waals surface area contributed by atoms with Gasteiger partial charge < -0.3 is 10.1 Å². The first-order chi connectivity index (χ1) is 11.2. The average molecular weight is 311 g/mol. The number of carbonyl (C=O) groups is 2. The van der Waals surface area contributed by atoms with Crippen LogP contribution >= 0.6 is 0 Å². The molecule has 0 unspecified atom stereocenters. The Balaban J connectivity index is 1.89. The van der Waals surface area contributed by atoms with Gasteiger partial charge in [0.2, 0.25) is 5.91 Å². The fraction of sp³-hybridized carbons (Fsp3) is 0.263. The number of amides is 1. The number of rotatable bonds is 8. The van der Waals surface area contributed by atoms with Crippen LogP contribution in [0.4, 0.5) is 5.69 Å². The molecule has 0 aliphatic rings. The van der Waals surface area contributed by atoms with E-state index in [2.05, 4.69) is 5.32 Å². The molecule has 2 rings (SSSR count). The van der Waals surface area contributed by atoms with E-state index in [0.29, 0.717) is 23.6 Å². The van der Waals surface area contributed by atoms with Crippen molar-refractivity contribution >= 4 is 17.4 Å². The van der Waals surface area contributed by atoms with Crippen LogP contribution in [0.15, 0.2) is 54.6 Å². The predicted molar refractivity (Wildman–Crippen MR) is 90.9 cm³/mol. The molecule has 0 aromatic heterocycles. The van der Waals surface area contributed by atoms with Crippen LogP contribution in [-0.4, -0.2) is 18.3 Å². The van der Waals surface area contributed by atoms with E-state index in [9.17, 15) is 9.59 Å². The highest BCUT2D eigenvalue weighted by Gasteiger charge is 2.11. The number of anilines is 1. The lowest BCUT2D eigenvalue weighted by Gasteiger charge is -2.11. The average Bonchev–Trinajstić information content (AvgIpc) is 2.59. The highest BCUT2D eigenvalue weighted by molar-refractivity contribution is 6.00. The highest BCUT2D eigenvalue weighted by atomic mass is 16.5. The van der Waals surface area contributed by atoms with Gasteiger partial charge in [-0.15, -0.1) is 0 Å². The van der Waals surface area contributed by atoms with Crippen molar-refractivity contribution in [2.24, 2.45) is 0 Å². The quantitative estimate of drug-likeness (QED) is 0.747. The van der Waals surface area contributed by atoms with E-state index in [1.807, 2.05) is 43.3 Å². The zero-order valence-electron chi connectivity index (χ0n) is 13.2. The van der Waals surface area contributed by atoms with Crippen LogP contribution in [0.5, 0.6) is 5.75 Å². The van der Waals surface area contributed by atoms with Crippen LogP contribution in [0.1, 0.15) is 36.5 Å². The van der Waals surface area contributed by atoms with Crippen molar-refractivity contribution in [2.75, 3.05) is 11.9 Å². The molecule has 4 heteroatoms. The van der Waals surface area contributed by atoms with E-state index in [-0.39, 0.29) is 24.5 Å². The zero-order valence-corrected chi connectivity index (χ0v) is 13.2. The van der Waals surface area contributed by atoms with Gasteiger partial charge in [-0.05, 0) is 18.6 Å². The predicted octanol–water partition coefficient (Wildman–Crippen LogP) is 4.08. The Kier molecular flexibility index (Phi) is 6.36. The van der Waals surface area contributed by atoms with Gasteiger partial charge in [-0.2, -0.15) is 0 Å². The van der Waals surface area contributed by atoms with E-state index >= 15 is 0 Å². The third-order valence-corrected chi connectivity index (χ3v) is 3.30. The summed E-state index contributed by atoms with van der Waals surface area (Å²) < 4.78 is 5.60. The second kappa shape index (κ2) is 8.73. The first kappa shape index (κ1) is 16.7. The fourth-order valence-corrected chi connectivity index (χ4v) is 2.12. The molecular weight excluding hydrogens is 290 g/mol. The standard InChI is InChI=1S/C19H21NO3/c1-2-14-23-18-11-7-6-10-16(18)20-19(22)13-12-17(21)15-8-4-3-5-9-15/h3-11H,2,12-14H2,1H3,(H,20,22). The third-order valence-electron chi connectivity index (χ3n) is 3.30. The van der Waals surface area contributed by atoms with Gasteiger partial charge in [-0.25, -0.2) is 0 Å². The monoisotopic (exact) mass is 311 g/mol. The summed E-state index contributed by atoms with van der Waals surface area (Å²) in [5, 5.41) is 2.81. The van der Waals surface area contributed by atoms with Crippen LogP contribution in [0.2, 0.25) is 0 Å². The molecule has 0 spiro atoms. The van der Waals surface area contributed by atoms with E-state index < -0.39 is 0 Å². The van der Waals surface area contributed by atoms with Crippen LogP contribution in [0.25, 0.3) is 0 Å². The third kappa shape index (κ3) is 5.25. The van der Waals surface area contributed by atoms with Crippen molar-refractivity contribution < 1.29 is 14.3 Å². The van der Waals surface area contributed by atoms with E-state index in [1.54, 1.807) is 18.2 Å². The molecule has 0 bridgehead atoms. The number of hydrogen-bond donors (Lipinski definition) is 1. The molecule has 4 nitrogen and oxygen atoms in total. The lowest BCUT2D eigenvalue weighted by molar-refractivity contribution is -0.116. The van der Waals surface area contributed by atoms with Gasteiger partial charge in [-0.3, -0.25) is 9.59 Å². The van der Waals surface area contributed by atoms with Gasteiger partial charge in [0.05, 0.1) is 12.3 Å². The molecule has 0 fully saturated rings. The highest BCUT2D eigenvalue weighted by Crippen LogP contribution is 2.24. The molecule has 0 saturated heterocycles. The number of Topliss-reactive ketones (excluding diaryl/α,β-unsaturated/α-hetero) is 1. The summed E-state index contributed by atoms with van der Waals surface area (Å²) in [7, 11) is 0. The van der Waals surface area contributed by atoms with Crippen molar-refractivity contribution in [3.8, 4) is 5.75 Å². The lowest BCUT2D eigenvalue weighted by atomic mass is 10.1. The lowest BCUT2D eigenvalue weighted by Crippen LogP contribution is -2.14. The molecule has 0 atom stereocenters. The Labute approximate surface area is 136 Å². The molecule has 0 saturated carbocycles. The summed E-state index contributed by atoms with van der Waals surface area (Å²) in [6.07, 6.45) is 1.23. The van der Waals surface area contributed by atoms with Gasteiger partial charge in [-0.1, -0.05) is 49.4 Å². The van der Waals surface area contributed by atoms with Crippen LogP contribution in [0.3, 0.4) is 0 Å². The Bertz CT molecular complexity index is 653. The largest absolute Gasteiger partial charge is 0.491 e. The minimum atomic E-state index is -0.193. The molecule has 0 heterocycles. The van der Waals surface area contributed by atoms with E-state index in [1.165, 1.54) is 0 Å². The fourth-order valence-electron chi connectivity index (χ4n) is 2.12. The Morgan fingerprint density at radius 3 is 2.39 bits per heavy atom. The molecule has 0 radical (unpaired) electrons. The number of hydrogen-bond acceptors (Lipinski definition) is 3. The minimum absolute atomic E-state index is 0.0312. The van der Waals surface area contributed by atoms with Crippen LogP contribution in [-0.2, 0) is 4.79 Å². The number of ether oxygens (including phenoxy) is 1. The molecule has 2 aromatic rings. The Morgan fingerprint density at radius 2 is 1.65 bits per heavy atom. The maximum Gasteiger partial charge on any atom is 0.224 e. The van der Waals surface area contributed by atoms with Crippen molar-refractivity contribution in [3.63, 3.8) is 0 Å². The molecule has 2 aromatic carbocycles. The van der Waals surface area contributed by atoms with Gasteiger partial charge in [0.15, 0.2) is 5.78 Å². The maximum absolute atomic E-state index is 12.1. The number of para-hydroxylation sites is 2. The second-order valence-corrected chi connectivity index (χ2v) is 5.18. The molecule has 1 N–H and O–H groups in total. The second-order valence-electron chi connectivity index (χ2n) is 5.18. The summed E-state index contributed by atoms with van der Waals surface area (Å²) in [4.78, 5) is 24.1. The summed E-state index contributed by atoms with van der Waals surface area (Å²) in [5.74, 6) is 0.426. The van der Waals surface area contributed by atoms with Crippen molar-refractivity contribution in [2.45, 2.75) is 26.2 Å².